The second-order valence-electron chi connectivity index (χ2n) is 12.2. The molecule has 218 valence electrons. The van der Waals surface area contributed by atoms with Gasteiger partial charge < -0.3 is 26.2 Å². The van der Waals surface area contributed by atoms with E-state index in [1.165, 1.54) is 7.11 Å². The van der Waals surface area contributed by atoms with Crippen molar-refractivity contribution in [3.05, 3.63) is 16.3 Å². The number of amides is 2. The first-order valence-electron chi connectivity index (χ1n) is 13.1. The molecule has 6 atom stereocenters. The van der Waals surface area contributed by atoms with E-state index >= 15 is 0 Å². The first kappa shape index (κ1) is 30.0. The predicted molar refractivity (Wildman–Crippen MR) is 145 cm³/mol. The number of aromatic nitrogens is 1. The van der Waals surface area contributed by atoms with Crippen LogP contribution < -0.4 is 16.4 Å². The standard InChI is InChI=1S/C27H36ClN5O7/c1-26(2,3)30-10-15(34)31-25-21(37)17-12(23(28)32-25)7-11-8-14-18(33(4)5)19(35)13(24(29)39)9-27(14,40-6)22(38)16(11)20(17)36/h11,13-14,16,18,30,37H,7-10H2,1-6H3,(H2,29,39)(H,31,32,34). The highest BCUT2D eigenvalue weighted by atomic mass is 35.5. The van der Waals surface area contributed by atoms with Crippen LogP contribution in [0.25, 0.3) is 0 Å². The van der Waals surface area contributed by atoms with Crippen molar-refractivity contribution >= 4 is 46.6 Å². The number of aromatic hydroxyl groups is 1. The highest BCUT2D eigenvalue weighted by Gasteiger charge is 2.65. The molecule has 0 radical (unpaired) electrons. The van der Waals surface area contributed by atoms with Gasteiger partial charge in [0.25, 0.3) is 0 Å². The molecule has 0 aliphatic heterocycles. The zero-order valence-corrected chi connectivity index (χ0v) is 24.2. The fraction of sp³-hybridized carbons (Fsp3) is 0.630. The molecule has 0 aromatic carbocycles. The van der Waals surface area contributed by atoms with Crippen LogP contribution in [0.15, 0.2) is 0 Å². The van der Waals surface area contributed by atoms with Crippen LogP contribution in [0.3, 0.4) is 0 Å². The fourth-order valence-electron chi connectivity index (χ4n) is 6.54. The van der Waals surface area contributed by atoms with Gasteiger partial charge in [-0.2, -0.15) is 0 Å². The summed E-state index contributed by atoms with van der Waals surface area (Å²) in [5.41, 5.74) is 3.69. The van der Waals surface area contributed by atoms with Crippen LogP contribution in [0.4, 0.5) is 5.82 Å². The Morgan fingerprint density at radius 1 is 1.25 bits per heavy atom. The van der Waals surface area contributed by atoms with Crippen molar-refractivity contribution in [3.63, 3.8) is 0 Å². The molecule has 2 saturated carbocycles. The van der Waals surface area contributed by atoms with Crippen LogP contribution in [0.1, 0.15) is 49.5 Å². The number of likely N-dealkylation sites (N-methyl/N-ethyl adjacent to an activating group) is 1. The van der Waals surface area contributed by atoms with Gasteiger partial charge in [0.2, 0.25) is 11.8 Å². The van der Waals surface area contributed by atoms with E-state index in [9.17, 15) is 29.1 Å². The Labute approximate surface area is 237 Å². The Morgan fingerprint density at radius 3 is 2.45 bits per heavy atom. The number of hydrogen-bond donors (Lipinski definition) is 4. The smallest absolute Gasteiger partial charge is 0.239 e. The molecule has 1 heterocycles. The summed E-state index contributed by atoms with van der Waals surface area (Å²) in [6, 6.07) is -0.839. The van der Waals surface area contributed by atoms with E-state index in [-0.39, 0.29) is 59.2 Å². The lowest BCUT2D eigenvalue weighted by Gasteiger charge is -2.55. The van der Waals surface area contributed by atoms with Crippen LogP contribution in [0, 0.1) is 23.7 Å². The predicted octanol–water partition coefficient (Wildman–Crippen LogP) is 0.717. The Morgan fingerprint density at radius 2 is 1.90 bits per heavy atom. The number of hydrogen-bond acceptors (Lipinski definition) is 10. The second kappa shape index (κ2) is 10.5. The first-order valence-corrected chi connectivity index (χ1v) is 13.5. The largest absolute Gasteiger partial charge is 0.504 e. The molecule has 1 aromatic heterocycles. The maximum atomic E-state index is 14.2. The number of methoxy groups -OCH3 is 1. The minimum Gasteiger partial charge on any atom is -0.504 e. The molecule has 2 amide bonds. The van der Waals surface area contributed by atoms with E-state index in [0.717, 1.165) is 0 Å². The fourth-order valence-corrected chi connectivity index (χ4v) is 6.80. The van der Waals surface area contributed by atoms with Gasteiger partial charge in [-0.3, -0.25) is 28.9 Å². The number of anilines is 1. The van der Waals surface area contributed by atoms with Gasteiger partial charge in [-0.15, -0.1) is 0 Å². The molecule has 0 bridgehead atoms. The quantitative estimate of drug-likeness (QED) is 0.278. The third-order valence-corrected chi connectivity index (χ3v) is 8.68. The number of pyridine rings is 1. The van der Waals surface area contributed by atoms with Gasteiger partial charge >= 0.3 is 0 Å². The molecule has 1 aromatic rings. The molecule has 5 N–H and O–H groups in total. The van der Waals surface area contributed by atoms with E-state index in [2.05, 4.69) is 15.6 Å². The van der Waals surface area contributed by atoms with Crippen LogP contribution >= 0.6 is 11.6 Å². The van der Waals surface area contributed by atoms with Crippen molar-refractivity contribution in [2.75, 3.05) is 33.1 Å². The zero-order chi connectivity index (χ0) is 29.9. The SMILES string of the molecule is COC12CC(C(N)=O)C(=O)C(N(C)C)C1CC1Cc3c(Cl)nc(NC(=O)CNC(C)(C)C)c(O)c3C(=O)C1C2=O. The minimum absolute atomic E-state index is 0.0765. The second-order valence-corrected chi connectivity index (χ2v) is 12.5. The molecule has 0 spiro atoms. The lowest BCUT2D eigenvalue weighted by Crippen LogP contribution is -2.70. The maximum absolute atomic E-state index is 14.2. The number of halogens is 1. The average molecular weight is 578 g/mol. The van der Waals surface area contributed by atoms with Crippen molar-refractivity contribution in [1.29, 1.82) is 0 Å². The highest BCUT2D eigenvalue weighted by molar-refractivity contribution is 6.31. The monoisotopic (exact) mass is 577 g/mol. The first-order chi connectivity index (χ1) is 18.5. The summed E-state index contributed by atoms with van der Waals surface area (Å²) in [6.45, 7) is 5.57. The molecule has 2 fully saturated rings. The molecule has 6 unspecified atom stereocenters. The van der Waals surface area contributed by atoms with Crippen molar-refractivity contribution < 1.29 is 33.8 Å². The van der Waals surface area contributed by atoms with Gasteiger partial charge in [-0.25, -0.2) is 4.98 Å². The number of ether oxygens (including phenoxy) is 1. The van der Waals surface area contributed by atoms with Gasteiger partial charge in [0.15, 0.2) is 28.9 Å². The van der Waals surface area contributed by atoms with Crippen molar-refractivity contribution in [2.24, 2.45) is 29.4 Å². The van der Waals surface area contributed by atoms with Crippen molar-refractivity contribution in [2.45, 2.75) is 57.2 Å². The van der Waals surface area contributed by atoms with Gasteiger partial charge in [-0.1, -0.05) is 11.6 Å². The Balaban J connectivity index is 1.74. The summed E-state index contributed by atoms with van der Waals surface area (Å²) in [6.07, 6.45) is 0.129. The molecule has 3 aliphatic carbocycles. The van der Waals surface area contributed by atoms with Crippen molar-refractivity contribution in [3.8, 4) is 5.75 Å². The molecule has 4 rings (SSSR count). The summed E-state index contributed by atoms with van der Waals surface area (Å²) in [5.74, 6) is -7.53. The Bertz CT molecular complexity index is 1290. The third-order valence-electron chi connectivity index (χ3n) is 8.37. The number of nitrogens with zero attached hydrogens (tertiary/aromatic N) is 2. The Hall–Kier alpha value is -2.93. The lowest BCUT2D eigenvalue weighted by molar-refractivity contribution is -0.182. The summed E-state index contributed by atoms with van der Waals surface area (Å²) in [7, 11) is 4.68. The number of primary amides is 1. The minimum atomic E-state index is -1.61. The number of nitrogens with one attached hydrogen (secondary N) is 2. The summed E-state index contributed by atoms with van der Waals surface area (Å²) in [5, 5.41) is 16.5. The van der Waals surface area contributed by atoms with E-state index in [4.69, 9.17) is 22.1 Å². The normalized spacial score (nSPS) is 30.0. The van der Waals surface area contributed by atoms with Gasteiger partial charge in [0.1, 0.15) is 16.7 Å². The number of carbonyl (C=O) groups is 5. The summed E-state index contributed by atoms with van der Waals surface area (Å²) in [4.78, 5) is 72.0. The highest BCUT2D eigenvalue weighted by Crippen LogP contribution is 2.54. The van der Waals surface area contributed by atoms with Gasteiger partial charge in [-0.05, 0) is 53.6 Å². The van der Waals surface area contributed by atoms with E-state index in [1.807, 2.05) is 20.8 Å². The van der Waals surface area contributed by atoms with Crippen LogP contribution in [-0.4, -0.2) is 89.1 Å². The zero-order valence-electron chi connectivity index (χ0n) is 23.5. The molecule has 3 aliphatic rings. The average Bonchev–Trinajstić information content (AvgIpc) is 2.84. The number of Topliss-reactive ketones (excluding diaryl/α,β-unsaturated/α-hetero) is 3. The van der Waals surface area contributed by atoms with Crippen molar-refractivity contribution in [1.82, 2.24) is 15.2 Å². The van der Waals surface area contributed by atoms with Crippen LogP contribution in [0.2, 0.25) is 5.15 Å². The molecular formula is C27H36ClN5O7. The van der Waals surface area contributed by atoms with E-state index < -0.39 is 64.4 Å². The maximum Gasteiger partial charge on any atom is 0.239 e. The summed E-state index contributed by atoms with van der Waals surface area (Å²) < 4.78 is 5.82. The van der Waals surface area contributed by atoms with Crippen LogP contribution in [-0.2, 0) is 30.3 Å². The number of nitrogens with two attached hydrogens (primary N) is 1. The number of rotatable bonds is 6. The molecular weight excluding hydrogens is 542 g/mol. The molecule has 13 heteroatoms. The lowest BCUT2D eigenvalue weighted by atomic mass is 9.52. The van der Waals surface area contributed by atoms with E-state index in [1.54, 1.807) is 19.0 Å². The summed E-state index contributed by atoms with van der Waals surface area (Å²) >= 11 is 6.47. The number of carbonyl (C=O) groups excluding carboxylic acids is 5. The Kier molecular flexibility index (Phi) is 7.87. The van der Waals surface area contributed by atoms with Gasteiger partial charge in [0.05, 0.1) is 24.1 Å². The third kappa shape index (κ3) is 4.91. The van der Waals surface area contributed by atoms with E-state index in [0.29, 0.717) is 0 Å². The number of ketones is 3. The molecule has 40 heavy (non-hydrogen) atoms. The molecule has 12 nitrogen and oxygen atoms in total. The van der Waals surface area contributed by atoms with Gasteiger partial charge in [0, 0.05) is 30.6 Å². The van der Waals surface area contributed by atoms with Crippen LogP contribution in [0.5, 0.6) is 5.75 Å². The molecule has 0 saturated heterocycles. The topological polar surface area (TPSA) is 181 Å². The number of fused-ring (bicyclic) bond motifs is 3.